The highest BCUT2D eigenvalue weighted by Gasteiger charge is 2.34. The summed E-state index contributed by atoms with van der Waals surface area (Å²) in [5.74, 6) is 1.76. The molecule has 1 aromatic carbocycles. The van der Waals surface area contributed by atoms with Crippen molar-refractivity contribution >= 4 is 40.7 Å². The Morgan fingerprint density at radius 2 is 1.91 bits per heavy atom. The van der Waals surface area contributed by atoms with Crippen molar-refractivity contribution in [3.63, 3.8) is 0 Å². The van der Waals surface area contributed by atoms with Crippen LogP contribution >= 0.6 is 40.7 Å². The Kier molecular flexibility index (Phi) is 8.50. The first-order valence-electron chi connectivity index (χ1n) is 7.58. The second-order valence-electron chi connectivity index (χ2n) is 5.81. The molecule has 2 aliphatic rings. The van der Waals surface area contributed by atoms with Crippen LogP contribution in [0.1, 0.15) is 30.9 Å². The van der Waals surface area contributed by atoms with E-state index >= 15 is 0 Å². The number of nitrogens with zero attached hydrogens (tertiary/aromatic N) is 1. The fourth-order valence-electron chi connectivity index (χ4n) is 3.34. The Hall–Kier alpha value is -0.000000000000000111. The molecule has 0 aromatic heterocycles. The lowest BCUT2D eigenvalue weighted by molar-refractivity contribution is 0.0831. The van der Waals surface area contributed by atoms with Gasteiger partial charge in [0.25, 0.3) is 0 Å². The second-order valence-corrected chi connectivity index (χ2v) is 6.66. The SMILES string of the molecule is COc1ccc(Br)c([C@@H](C2CCC2)N2CCNCC2)c1.Cl.Cl. The van der Waals surface area contributed by atoms with Crippen LogP contribution in [0.5, 0.6) is 5.75 Å². The molecule has 1 heterocycles. The smallest absolute Gasteiger partial charge is 0.119 e. The molecule has 3 rings (SSSR count). The Bertz CT molecular complexity index is 465. The maximum atomic E-state index is 5.43. The van der Waals surface area contributed by atoms with Crippen molar-refractivity contribution in [2.45, 2.75) is 25.3 Å². The first-order chi connectivity index (χ1) is 9.79. The Balaban J connectivity index is 0.00000121. The van der Waals surface area contributed by atoms with E-state index in [-0.39, 0.29) is 24.8 Å². The molecule has 0 bridgehead atoms. The van der Waals surface area contributed by atoms with Crippen LogP contribution < -0.4 is 10.1 Å². The predicted octanol–water partition coefficient (Wildman–Crippen LogP) is 4.05. The van der Waals surface area contributed by atoms with E-state index in [0.717, 1.165) is 37.8 Å². The number of hydrogen-bond acceptors (Lipinski definition) is 3. The maximum Gasteiger partial charge on any atom is 0.119 e. The number of piperazine rings is 1. The van der Waals surface area contributed by atoms with Gasteiger partial charge in [0.15, 0.2) is 0 Å². The van der Waals surface area contributed by atoms with Crippen molar-refractivity contribution in [3.8, 4) is 5.75 Å². The summed E-state index contributed by atoms with van der Waals surface area (Å²) in [6, 6.07) is 6.91. The monoisotopic (exact) mass is 410 g/mol. The molecule has 22 heavy (non-hydrogen) atoms. The lowest BCUT2D eigenvalue weighted by Crippen LogP contribution is -2.47. The van der Waals surface area contributed by atoms with Gasteiger partial charge >= 0.3 is 0 Å². The number of benzene rings is 1. The third kappa shape index (κ3) is 4.30. The van der Waals surface area contributed by atoms with Crippen LogP contribution in [-0.2, 0) is 0 Å². The predicted molar refractivity (Wildman–Crippen MR) is 99.7 cm³/mol. The lowest BCUT2D eigenvalue weighted by atomic mass is 9.76. The highest BCUT2D eigenvalue weighted by atomic mass is 79.9. The van der Waals surface area contributed by atoms with Crippen LogP contribution in [0.25, 0.3) is 0 Å². The van der Waals surface area contributed by atoms with E-state index in [2.05, 4.69) is 38.3 Å². The number of hydrogen-bond donors (Lipinski definition) is 1. The van der Waals surface area contributed by atoms with E-state index < -0.39 is 0 Å². The van der Waals surface area contributed by atoms with Gasteiger partial charge in [0.2, 0.25) is 0 Å². The second kappa shape index (κ2) is 9.33. The molecule has 6 heteroatoms. The molecule has 0 amide bonds. The van der Waals surface area contributed by atoms with Crippen LogP contribution in [0.3, 0.4) is 0 Å². The number of nitrogens with one attached hydrogen (secondary N) is 1. The molecular weight excluding hydrogens is 387 g/mol. The number of halogens is 3. The topological polar surface area (TPSA) is 24.5 Å². The summed E-state index contributed by atoms with van der Waals surface area (Å²) in [4.78, 5) is 2.65. The van der Waals surface area contributed by atoms with Crippen molar-refractivity contribution in [1.29, 1.82) is 0 Å². The van der Waals surface area contributed by atoms with Crippen LogP contribution in [0, 0.1) is 5.92 Å². The van der Waals surface area contributed by atoms with E-state index in [4.69, 9.17) is 4.74 Å². The maximum absolute atomic E-state index is 5.43. The van der Waals surface area contributed by atoms with Gasteiger partial charge in [-0.05, 0) is 42.5 Å². The summed E-state index contributed by atoms with van der Waals surface area (Å²) >= 11 is 3.75. The van der Waals surface area contributed by atoms with E-state index in [0.29, 0.717) is 6.04 Å². The Labute approximate surface area is 154 Å². The van der Waals surface area contributed by atoms with E-state index in [1.807, 2.05) is 6.07 Å². The third-order valence-electron chi connectivity index (χ3n) is 4.66. The van der Waals surface area contributed by atoms with Crippen LogP contribution in [0.4, 0.5) is 0 Å². The molecule has 0 spiro atoms. The van der Waals surface area contributed by atoms with E-state index in [1.165, 1.54) is 29.3 Å². The van der Waals surface area contributed by atoms with Crippen molar-refractivity contribution < 1.29 is 4.74 Å². The van der Waals surface area contributed by atoms with Crippen molar-refractivity contribution in [1.82, 2.24) is 10.2 Å². The third-order valence-corrected chi connectivity index (χ3v) is 5.39. The lowest BCUT2D eigenvalue weighted by Gasteiger charge is -2.43. The molecule has 1 aromatic rings. The van der Waals surface area contributed by atoms with Gasteiger partial charge in [0.1, 0.15) is 5.75 Å². The summed E-state index contributed by atoms with van der Waals surface area (Å²) in [6.45, 7) is 4.49. The molecular formula is C16H25BrCl2N2O. The molecule has 1 saturated carbocycles. The summed E-state index contributed by atoms with van der Waals surface area (Å²) in [6.07, 6.45) is 4.10. The quantitative estimate of drug-likeness (QED) is 0.808. The van der Waals surface area contributed by atoms with Gasteiger partial charge in [-0.25, -0.2) is 0 Å². The molecule has 1 N–H and O–H groups in total. The summed E-state index contributed by atoms with van der Waals surface area (Å²) in [5.41, 5.74) is 1.40. The fourth-order valence-corrected chi connectivity index (χ4v) is 3.82. The molecule has 126 valence electrons. The minimum absolute atomic E-state index is 0. The van der Waals surface area contributed by atoms with Crippen molar-refractivity contribution in [2.24, 2.45) is 5.92 Å². The van der Waals surface area contributed by atoms with E-state index in [9.17, 15) is 0 Å². The van der Waals surface area contributed by atoms with Gasteiger partial charge < -0.3 is 10.1 Å². The minimum Gasteiger partial charge on any atom is -0.497 e. The summed E-state index contributed by atoms with van der Waals surface area (Å²) < 4.78 is 6.64. The molecule has 3 nitrogen and oxygen atoms in total. The number of methoxy groups -OCH3 is 1. The highest BCUT2D eigenvalue weighted by molar-refractivity contribution is 9.10. The van der Waals surface area contributed by atoms with Crippen LogP contribution in [0.15, 0.2) is 22.7 Å². The Morgan fingerprint density at radius 1 is 1.23 bits per heavy atom. The zero-order chi connectivity index (χ0) is 13.9. The normalized spacial score (nSPS) is 20.3. The van der Waals surface area contributed by atoms with Crippen molar-refractivity contribution in [3.05, 3.63) is 28.2 Å². The average Bonchev–Trinajstić information content (AvgIpc) is 2.44. The van der Waals surface area contributed by atoms with Crippen LogP contribution in [-0.4, -0.2) is 38.2 Å². The molecule has 1 aliphatic carbocycles. The first kappa shape index (κ1) is 20.0. The van der Waals surface area contributed by atoms with Gasteiger partial charge in [0.05, 0.1) is 7.11 Å². The van der Waals surface area contributed by atoms with Crippen molar-refractivity contribution in [2.75, 3.05) is 33.3 Å². The molecule has 1 aliphatic heterocycles. The van der Waals surface area contributed by atoms with Gasteiger partial charge in [-0.15, -0.1) is 24.8 Å². The zero-order valence-electron chi connectivity index (χ0n) is 12.9. The zero-order valence-corrected chi connectivity index (χ0v) is 16.1. The van der Waals surface area contributed by atoms with E-state index in [1.54, 1.807) is 7.11 Å². The fraction of sp³-hybridized carbons (Fsp3) is 0.625. The Morgan fingerprint density at radius 3 is 2.45 bits per heavy atom. The van der Waals surface area contributed by atoms with Gasteiger partial charge in [-0.1, -0.05) is 22.4 Å². The summed E-state index contributed by atoms with van der Waals surface area (Å²) in [5, 5.41) is 3.46. The highest BCUT2D eigenvalue weighted by Crippen LogP contribution is 2.44. The van der Waals surface area contributed by atoms with Crippen LogP contribution in [0.2, 0.25) is 0 Å². The van der Waals surface area contributed by atoms with Gasteiger partial charge in [-0.3, -0.25) is 4.90 Å². The number of ether oxygens (including phenoxy) is 1. The molecule has 0 unspecified atom stereocenters. The molecule has 1 atom stereocenters. The number of rotatable bonds is 4. The van der Waals surface area contributed by atoms with Gasteiger partial charge in [0, 0.05) is 36.7 Å². The summed E-state index contributed by atoms with van der Waals surface area (Å²) in [7, 11) is 1.75. The first-order valence-corrected chi connectivity index (χ1v) is 8.37. The molecule has 1 saturated heterocycles. The largest absolute Gasteiger partial charge is 0.497 e. The van der Waals surface area contributed by atoms with Gasteiger partial charge in [-0.2, -0.15) is 0 Å². The minimum atomic E-state index is 0. The standard InChI is InChI=1S/C16H23BrN2O.2ClH/c1-20-13-5-6-15(17)14(11-13)16(12-3-2-4-12)19-9-7-18-8-10-19;;/h5-6,11-12,16,18H,2-4,7-10H2,1H3;2*1H/t16-;;/m1../s1. The average molecular weight is 412 g/mol. The molecule has 0 radical (unpaired) electrons. The molecule has 2 fully saturated rings.